The number of aryl methyl sites for hydroxylation is 3. The SMILES string of the molecule is Cc1nnc([C@H]2COCCN2C(=O)Cc2c(C)cccc2C)o1. The number of rotatable bonds is 3. The third-order valence-electron chi connectivity index (χ3n) is 4.25. The molecular weight excluding hydrogens is 294 g/mol. The number of hydrogen-bond acceptors (Lipinski definition) is 5. The van der Waals surface area contributed by atoms with Crippen molar-refractivity contribution < 1.29 is 13.9 Å². The highest BCUT2D eigenvalue weighted by atomic mass is 16.5. The zero-order valence-corrected chi connectivity index (χ0v) is 13.7. The lowest BCUT2D eigenvalue weighted by Gasteiger charge is -2.33. The van der Waals surface area contributed by atoms with Crippen molar-refractivity contribution in [3.63, 3.8) is 0 Å². The quantitative estimate of drug-likeness (QED) is 0.868. The Morgan fingerprint density at radius 1 is 1.26 bits per heavy atom. The first kappa shape index (κ1) is 15.7. The molecule has 0 aliphatic carbocycles. The second kappa shape index (κ2) is 6.50. The lowest BCUT2D eigenvalue weighted by atomic mass is 9.99. The van der Waals surface area contributed by atoms with E-state index in [1.165, 1.54) is 0 Å². The van der Waals surface area contributed by atoms with Crippen LogP contribution in [0.3, 0.4) is 0 Å². The highest BCUT2D eigenvalue weighted by molar-refractivity contribution is 5.80. The van der Waals surface area contributed by atoms with E-state index < -0.39 is 0 Å². The van der Waals surface area contributed by atoms with Crippen molar-refractivity contribution >= 4 is 5.91 Å². The van der Waals surface area contributed by atoms with Crippen molar-refractivity contribution in [1.29, 1.82) is 0 Å². The Labute approximate surface area is 135 Å². The average Bonchev–Trinajstić information content (AvgIpc) is 2.97. The fraction of sp³-hybridized carbons (Fsp3) is 0.471. The molecule has 6 nitrogen and oxygen atoms in total. The molecule has 1 amide bonds. The van der Waals surface area contributed by atoms with Gasteiger partial charge < -0.3 is 14.1 Å². The molecule has 0 saturated carbocycles. The van der Waals surface area contributed by atoms with Crippen LogP contribution in [0.25, 0.3) is 0 Å². The number of hydrogen-bond donors (Lipinski definition) is 0. The number of nitrogens with zero attached hydrogens (tertiary/aromatic N) is 3. The van der Waals surface area contributed by atoms with E-state index in [-0.39, 0.29) is 11.9 Å². The average molecular weight is 315 g/mol. The molecule has 6 heteroatoms. The molecule has 0 N–H and O–H groups in total. The molecule has 1 atom stereocenters. The third kappa shape index (κ3) is 3.27. The highest BCUT2D eigenvalue weighted by Gasteiger charge is 2.32. The van der Waals surface area contributed by atoms with Gasteiger partial charge in [-0.3, -0.25) is 4.79 Å². The normalized spacial score (nSPS) is 18.2. The second-order valence-electron chi connectivity index (χ2n) is 5.88. The van der Waals surface area contributed by atoms with Crippen LogP contribution in [-0.4, -0.2) is 40.8 Å². The fourth-order valence-corrected chi connectivity index (χ4v) is 2.93. The van der Waals surface area contributed by atoms with E-state index in [9.17, 15) is 4.79 Å². The molecule has 1 aliphatic heterocycles. The van der Waals surface area contributed by atoms with Gasteiger partial charge in [-0.15, -0.1) is 10.2 Å². The number of benzene rings is 1. The molecule has 122 valence electrons. The maximum Gasteiger partial charge on any atom is 0.241 e. The molecule has 0 bridgehead atoms. The van der Waals surface area contributed by atoms with Gasteiger partial charge in [-0.05, 0) is 30.5 Å². The molecule has 2 aromatic rings. The summed E-state index contributed by atoms with van der Waals surface area (Å²) in [6, 6.07) is 5.78. The molecule has 0 spiro atoms. The second-order valence-corrected chi connectivity index (χ2v) is 5.88. The first-order valence-electron chi connectivity index (χ1n) is 7.78. The van der Waals surface area contributed by atoms with Crippen molar-refractivity contribution in [1.82, 2.24) is 15.1 Å². The summed E-state index contributed by atoms with van der Waals surface area (Å²) >= 11 is 0. The molecule has 0 radical (unpaired) electrons. The van der Waals surface area contributed by atoms with Gasteiger partial charge in [0.2, 0.25) is 17.7 Å². The van der Waals surface area contributed by atoms with E-state index in [0.717, 1.165) is 16.7 Å². The third-order valence-corrected chi connectivity index (χ3v) is 4.25. The van der Waals surface area contributed by atoms with Crippen LogP contribution < -0.4 is 0 Å². The fourth-order valence-electron chi connectivity index (χ4n) is 2.93. The summed E-state index contributed by atoms with van der Waals surface area (Å²) in [6.07, 6.45) is 0.377. The molecule has 1 saturated heterocycles. The van der Waals surface area contributed by atoms with Crippen LogP contribution in [0, 0.1) is 20.8 Å². The van der Waals surface area contributed by atoms with Crippen LogP contribution in [0.5, 0.6) is 0 Å². The van der Waals surface area contributed by atoms with Crippen molar-refractivity contribution in [3.8, 4) is 0 Å². The molecule has 1 aromatic heterocycles. The monoisotopic (exact) mass is 315 g/mol. The summed E-state index contributed by atoms with van der Waals surface area (Å²) in [5.41, 5.74) is 3.36. The first-order valence-corrected chi connectivity index (χ1v) is 7.78. The Morgan fingerprint density at radius 3 is 2.65 bits per heavy atom. The van der Waals surface area contributed by atoms with Gasteiger partial charge in [0.25, 0.3) is 0 Å². The maximum atomic E-state index is 12.8. The van der Waals surface area contributed by atoms with E-state index in [4.69, 9.17) is 9.15 Å². The number of amides is 1. The van der Waals surface area contributed by atoms with Crippen molar-refractivity contribution in [2.75, 3.05) is 19.8 Å². The Morgan fingerprint density at radius 2 is 2.00 bits per heavy atom. The predicted molar refractivity (Wildman–Crippen MR) is 83.9 cm³/mol. The Hall–Kier alpha value is -2.21. The van der Waals surface area contributed by atoms with Crippen molar-refractivity contribution in [2.45, 2.75) is 33.2 Å². The highest BCUT2D eigenvalue weighted by Crippen LogP contribution is 2.25. The van der Waals surface area contributed by atoms with Gasteiger partial charge in [0.1, 0.15) is 6.04 Å². The minimum absolute atomic E-state index is 0.0616. The minimum Gasteiger partial charge on any atom is -0.423 e. The van der Waals surface area contributed by atoms with Crippen molar-refractivity contribution in [3.05, 3.63) is 46.7 Å². The summed E-state index contributed by atoms with van der Waals surface area (Å²) in [5, 5.41) is 7.91. The van der Waals surface area contributed by atoms with Gasteiger partial charge in [-0.1, -0.05) is 18.2 Å². The van der Waals surface area contributed by atoms with E-state index in [0.29, 0.717) is 38.0 Å². The van der Waals surface area contributed by atoms with E-state index in [1.807, 2.05) is 32.0 Å². The smallest absolute Gasteiger partial charge is 0.241 e. The van der Waals surface area contributed by atoms with E-state index >= 15 is 0 Å². The summed E-state index contributed by atoms with van der Waals surface area (Å²) in [5.74, 6) is 0.997. The molecule has 23 heavy (non-hydrogen) atoms. The Bertz CT molecular complexity index is 691. The van der Waals surface area contributed by atoms with E-state index in [2.05, 4.69) is 10.2 Å². The molecular formula is C17H21N3O3. The maximum absolute atomic E-state index is 12.8. The summed E-state index contributed by atoms with van der Waals surface area (Å²) in [7, 11) is 0. The van der Waals surface area contributed by atoms with Gasteiger partial charge in [-0.2, -0.15) is 0 Å². The van der Waals surface area contributed by atoms with Crippen LogP contribution >= 0.6 is 0 Å². The zero-order chi connectivity index (χ0) is 16.4. The van der Waals surface area contributed by atoms with E-state index in [1.54, 1.807) is 11.8 Å². The molecule has 1 aliphatic rings. The lowest BCUT2D eigenvalue weighted by molar-refractivity contribution is -0.140. The van der Waals surface area contributed by atoms with Gasteiger partial charge in [0.15, 0.2) is 0 Å². The molecule has 1 fully saturated rings. The summed E-state index contributed by atoms with van der Waals surface area (Å²) in [6.45, 7) is 7.27. The van der Waals surface area contributed by atoms with Crippen LogP contribution in [0.15, 0.2) is 22.6 Å². The van der Waals surface area contributed by atoms with Gasteiger partial charge in [0, 0.05) is 13.5 Å². The minimum atomic E-state index is -0.304. The van der Waals surface area contributed by atoms with Crippen LogP contribution in [0.4, 0.5) is 0 Å². The first-order chi connectivity index (χ1) is 11.1. The summed E-state index contributed by atoms with van der Waals surface area (Å²) < 4.78 is 11.0. The predicted octanol–water partition coefficient (Wildman–Crippen LogP) is 2.14. The molecule has 1 aromatic carbocycles. The zero-order valence-electron chi connectivity index (χ0n) is 13.7. The van der Waals surface area contributed by atoms with Crippen LogP contribution in [0.2, 0.25) is 0 Å². The Balaban J connectivity index is 1.82. The molecule has 2 heterocycles. The molecule has 0 unspecified atom stereocenters. The van der Waals surface area contributed by atoms with Crippen LogP contribution in [0.1, 0.15) is 34.5 Å². The topological polar surface area (TPSA) is 68.5 Å². The molecule has 3 rings (SSSR count). The number of aromatic nitrogens is 2. The van der Waals surface area contributed by atoms with Crippen molar-refractivity contribution in [2.24, 2.45) is 0 Å². The number of carbonyl (C=O) groups excluding carboxylic acids is 1. The van der Waals surface area contributed by atoms with Gasteiger partial charge in [0.05, 0.1) is 19.6 Å². The Kier molecular flexibility index (Phi) is 4.43. The number of ether oxygens (including phenoxy) is 1. The lowest BCUT2D eigenvalue weighted by Crippen LogP contribution is -2.44. The van der Waals surface area contributed by atoms with Gasteiger partial charge in [-0.25, -0.2) is 0 Å². The number of carbonyl (C=O) groups is 1. The largest absolute Gasteiger partial charge is 0.423 e. The standard InChI is InChI=1S/C17H21N3O3/c1-11-5-4-6-12(2)14(11)9-16(21)20-7-8-22-10-15(20)17-19-18-13(3)23-17/h4-6,15H,7-10H2,1-3H3/t15-/m1/s1. The number of morpholine rings is 1. The van der Waals surface area contributed by atoms with Crippen LogP contribution in [-0.2, 0) is 16.0 Å². The summed E-state index contributed by atoms with van der Waals surface area (Å²) in [4.78, 5) is 14.6. The van der Waals surface area contributed by atoms with Gasteiger partial charge >= 0.3 is 0 Å².